The van der Waals surface area contributed by atoms with Crippen LogP contribution in [-0.4, -0.2) is 18.1 Å². The average Bonchev–Trinajstić information content (AvgIpc) is 2.39. The maximum atomic E-state index is 5.94. The van der Waals surface area contributed by atoms with Crippen LogP contribution in [-0.2, 0) is 6.42 Å². The van der Waals surface area contributed by atoms with Gasteiger partial charge in [-0.15, -0.1) is 6.58 Å². The van der Waals surface area contributed by atoms with Crippen LogP contribution in [0, 0.1) is 0 Å². The monoisotopic (exact) mass is 256 g/mol. The Kier molecular flexibility index (Phi) is 4.36. The fourth-order valence-electron chi connectivity index (χ4n) is 2.12. The molecule has 100 valence electrons. The van der Waals surface area contributed by atoms with E-state index >= 15 is 0 Å². The van der Waals surface area contributed by atoms with Gasteiger partial charge in [0.05, 0.1) is 11.2 Å². The standard InChI is InChI=1S/C15H20N4/c1-2-3-8-18-9-7-11-10-14(17)19-15-12(11)5-4-6-13(15)16/h2,4-6,10,18H,1,3,7-9,16H2,(H2,17,19). The molecule has 0 spiro atoms. The highest BCUT2D eigenvalue weighted by Gasteiger charge is 2.06. The van der Waals surface area contributed by atoms with Gasteiger partial charge in [0.25, 0.3) is 0 Å². The first-order valence-electron chi connectivity index (χ1n) is 6.47. The lowest BCUT2D eigenvalue weighted by Gasteiger charge is -2.09. The van der Waals surface area contributed by atoms with E-state index in [0.717, 1.165) is 36.8 Å². The number of nitrogens with two attached hydrogens (primary N) is 2. The molecule has 0 saturated heterocycles. The normalized spacial score (nSPS) is 10.7. The predicted octanol–water partition coefficient (Wildman–Crippen LogP) is 2.11. The summed E-state index contributed by atoms with van der Waals surface area (Å²) < 4.78 is 0. The van der Waals surface area contributed by atoms with Crippen LogP contribution >= 0.6 is 0 Å². The topological polar surface area (TPSA) is 77.0 Å². The van der Waals surface area contributed by atoms with Crippen molar-refractivity contribution in [3.05, 3.63) is 42.5 Å². The molecule has 0 aliphatic rings. The van der Waals surface area contributed by atoms with E-state index < -0.39 is 0 Å². The number of anilines is 2. The molecule has 5 N–H and O–H groups in total. The number of rotatable bonds is 6. The largest absolute Gasteiger partial charge is 0.397 e. The zero-order valence-electron chi connectivity index (χ0n) is 11.0. The van der Waals surface area contributed by atoms with E-state index in [4.69, 9.17) is 11.5 Å². The summed E-state index contributed by atoms with van der Waals surface area (Å²) in [6, 6.07) is 7.76. The highest BCUT2D eigenvalue weighted by atomic mass is 14.9. The van der Waals surface area contributed by atoms with Crippen LogP contribution in [0.1, 0.15) is 12.0 Å². The molecular formula is C15H20N4. The van der Waals surface area contributed by atoms with Crippen molar-refractivity contribution in [1.82, 2.24) is 10.3 Å². The molecule has 0 radical (unpaired) electrons. The van der Waals surface area contributed by atoms with Gasteiger partial charge in [0.2, 0.25) is 0 Å². The number of benzene rings is 1. The summed E-state index contributed by atoms with van der Waals surface area (Å²) in [5.41, 5.74) is 14.4. The van der Waals surface area contributed by atoms with Gasteiger partial charge in [-0.25, -0.2) is 4.98 Å². The number of fused-ring (bicyclic) bond motifs is 1. The Morgan fingerprint density at radius 2 is 2.11 bits per heavy atom. The summed E-state index contributed by atoms with van der Waals surface area (Å²) >= 11 is 0. The highest BCUT2D eigenvalue weighted by Crippen LogP contribution is 2.24. The summed E-state index contributed by atoms with van der Waals surface area (Å²) in [7, 11) is 0. The minimum atomic E-state index is 0.520. The van der Waals surface area contributed by atoms with E-state index in [9.17, 15) is 0 Å². The molecule has 0 amide bonds. The minimum absolute atomic E-state index is 0.520. The van der Waals surface area contributed by atoms with Crippen LogP contribution in [0.5, 0.6) is 0 Å². The Labute approximate surface area is 113 Å². The molecule has 0 unspecified atom stereocenters. The number of nitrogens with one attached hydrogen (secondary N) is 1. The molecule has 0 bridgehead atoms. The van der Waals surface area contributed by atoms with Gasteiger partial charge in [0.15, 0.2) is 0 Å². The van der Waals surface area contributed by atoms with Gasteiger partial charge < -0.3 is 16.8 Å². The molecule has 4 heteroatoms. The summed E-state index contributed by atoms with van der Waals surface area (Å²) in [4.78, 5) is 4.31. The molecule has 2 aromatic rings. The lowest BCUT2D eigenvalue weighted by molar-refractivity contribution is 0.691. The number of nitrogens with zero attached hydrogens (tertiary/aromatic N) is 1. The van der Waals surface area contributed by atoms with Crippen molar-refractivity contribution in [2.45, 2.75) is 12.8 Å². The second kappa shape index (κ2) is 6.20. The quantitative estimate of drug-likeness (QED) is 0.420. The maximum Gasteiger partial charge on any atom is 0.124 e. The van der Waals surface area contributed by atoms with Gasteiger partial charge in [-0.2, -0.15) is 0 Å². The van der Waals surface area contributed by atoms with Crippen LogP contribution in [0.4, 0.5) is 11.5 Å². The third-order valence-electron chi connectivity index (χ3n) is 3.07. The maximum absolute atomic E-state index is 5.94. The fourth-order valence-corrected chi connectivity index (χ4v) is 2.12. The van der Waals surface area contributed by atoms with E-state index in [1.165, 1.54) is 5.56 Å². The van der Waals surface area contributed by atoms with Crippen LogP contribution in [0.15, 0.2) is 36.9 Å². The Morgan fingerprint density at radius 1 is 1.26 bits per heavy atom. The van der Waals surface area contributed by atoms with Gasteiger partial charge in [0, 0.05) is 5.39 Å². The van der Waals surface area contributed by atoms with Crippen LogP contribution in [0.3, 0.4) is 0 Å². The van der Waals surface area contributed by atoms with E-state index in [2.05, 4.69) is 16.9 Å². The number of nitrogen functional groups attached to an aromatic ring is 2. The third kappa shape index (κ3) is 3.23. The van der Waals surface area contributed by atoms with E-state index in [0.29, 0.717) is 11.5 Å². The first-order chi connectivity index (χ1) is 9.22. The molecule has 1 heterocycles. The lowest BCUT2D eigenvalue weighted by Crippen LogP contribution is -2.18. The number of para-hydroxylation sites is 1. The zero-order valence-corrected chi connectivity index (χ0v) is 11.0. The SMILES string of the molecule is C=CCCNCCc1cc(N)nc2c(N)cccc12. The molecule has 0 atom stereocenters. The Morgan fingerprint density at radius 3 is 2.89 bits per heavy atom. The predicted molar refractivity (Wildman–Crippen MR) is 82.0 cm³/mol. The Bertz CT molecular complexity index is 578. The van der Waals surface area contributed by atoms with Crippen molar-refractivity contribution in [2.24, 2.45) is 0 Å². The Balaban J connectivity index is 2.18. The smallest absolute Gasteiger partial charge is 0.124 e. The molecule has 1 aromatic heterocycles. The van der Waals surface area contributed by atoms with Gasteiger partial charge in [0.1, 0.15) is 5.82 Å². The second-order valence-electron chi connectivity index (χ2n) is 4.53. The molecule has 1 aromatic carbocycles. The van der Waals surface area contributed by atoms with Gasteiger partial charge in [-0.3, -0.25) is 0 Å². The van der Waals surface area contributed by atoms with Gasteiger partial charge in [-0.05, 0) is 43.6 Å². The van der Waals surface area contributed by atoms with E-state index in [1.54, 1.807) is 0 Å². The summed E-state index contributed by atoms with van der Waals surface area (Å²) in [6.45, 7) is 5.55. The molecule has 0 aliphatic carbocycles. The summed E-state index contributed by atoms with van der Waals surface area (Å²) in [5, 5.41) is 4.45. The lowest BCUT2D eigenvalue weighted by atomic mass is 10.0. The molecule has 0 saturated carbocycles. The number of aromatic nitrogens is 1. The Hall–Kier alpha value is -2.07. The fraction of sp³-hybridized carbons (Fsp3) is 0.267. The minimum Gasteiger partial charge on any atom is -0.397 e. The average molecular weight is 256 g/mol. The highest BCUT2D eigenvalue weighted by molar-refractivity contribution is 5.92. The van der Waals surface area contributed by atoms with Gasteiger partial charge in [-0.1, -0.05) is 18.2 Å². The van der Waals surface area contributed by atoms with Crippen molar-refractivity contribution >= 4 is 22.4 Å². The number of hydrogen-bond donors (Lipinski definition) is 3. The van der Waals surface area contributed by atoms with E-state index in [1.807, 2.05) is 30.3 Å². The molecule has 0 fully saturated rings. The molecule has 0 aliphatic heterocycles. The second-order valence-corrected chi connectivity index (χ2v) is 4.53. The molecule has 19 heavy (non-hydrogen) atoms. The first kappa shape index (κ1) is 13.4. The van der Waals surface area contributed by atoms with Crippen molar-refractivity contribution in [1.29, 1.82) is 0 Å². The first-order valence-corrected chi connectivity index (χ1v) is 6.47. The van der Waals surface area contributed by atoms with Crippen molar-refractivity contribution < 1.29 is 0 Å². The van der Waals surface area contributed by atoms with Gasteiger partial charge >= 0.3 is 0 Å². The molecular weight excluding hydrogens is 236 g/mol. The number of hydrogen-bond acceptors (Lipinski definition) is 4. The molecule has 4 nitrogen and oxygen atoms in total. The van der Waals surface area contributed by atoms with Crippen molar-refractivity contribution in [3.63, 3.8) is 0 Å². The summed E-state index contributed by atoms with van der Waals surface area (Å²) in [5.74, 6) is 0.520. The zero-order chi connectivity index (χ0) is 13.7. The third-order valence-corrected chi connectivity index (χ3v) is 3.07. The van der Waals surface area contributed by atoms with Crippen LogP contribution in [0.25, 0.3) is 10.9 Å². The molecule has 2 rings (SSSR count). The summed E-state index contributed by atoms with van der Waals surface area (Å²) in [6.07, 6.45) is 3.80. The van der Waals surface area contributed by atoms with E-state index in [-0.39, 0.29) is 0 Å². The number of pyridine rings is 1. The van der Waals surface area contributed by atoms with Crippen molar-refractivity contribution in [2.75, 3.05) is 24.6 Å². The van der Waals surface area contributed by atoms with Crippen LogP contribution < -0.4 is 16.8 Å². The van der Waals surface area contributed by atoms with Crippen molar-refractivity contribution in [3.8, 4) is 0 Å². The van der Waals surface area contributed by atoms with Crippen LogP contribution in [0.2, 0.25) is 0 Å².